The first kappa shape index (κ1) is 8.41. The van der Waals surface area contributed by atoms with Gasteiger partial charge in [-0.15, -0.1) is 0 Å². The highest BCUT2D eigenvalue weighted by Gasteiger charge is 2.52. The van der Waals surface area contributed by atoms with Gasteiger partial charge in [-0.25, -0.2) is 0 Å². The van der Waals surface area contributed by atoms with Gasteiger partial charge in [-0.3, -0.25) is 0 Å². The summed E-state index contributed by atoms with van der Waals surface area (Å²) in [7, 11) is 0. The van der Waals surface area contributed by atoms with Crippen molar-refractivity contribution in [3.05, 3.63) is 0 Å². The van der Waals surface area contributed by atoms with Crippen molar-refractivity contribution in [3.63, 3.8) is 0 Å². The molecule has 1 fully saturated rings. The molecule has 0 amide bonds. The second-order valence-corrected chi connectivity index (χ2v) is 4.36. The highest BCUT2D eigenvalue weighted by atomic mass is 32.2. The Morgan fingerprint density at radius 2 is 2.30 bits per heavy atom. The quantitative estimate of drug-likeness (QED) is 0.679. The number of hydrogen-bond acceptors (Lipinski definition) is 2. The molecule has 1 nitrogen and oxygen atoms in total. The van der Waals surface area contributed by atoms with Gasteiger partial charge in [-0.2, -0.15) is 11.8 Å². The maximum atomic E-state index is 9.78. The van der Waals surface area contributed by atoms with E-state index in [1.54, 1.807) is 0 Å². The van der Waals surface area contributed by atoms with E-state index in [2.05, 4.69) is 20.1 Å². The zero-order valence-corrected chi connectivity index (χ0v) is 7.74. The van der Waals surface area contributed by atoms with Crippen molar-refractivity contribution >= 4 is 11.8 Å². The first-order valence-electron chi connectivity index (χ1n) is 3.82. The van der Waals surface area contributed by atoms with E-state index in [1.807, 2.05) is 11.8 Å². The van der Waals surface area contributed by atoms with Crippen LogP contribution in [0.25, 0.3) is 0 Å². The summed E-state index contributed by atoms with van der Waals surface area (Å²) in [6.07, 6.45) is 3.10. The van der Waals surface area contributed by atoms with Gasteiger partial charge in [0.2, 0.25) is 0 Å². The first-order chi connectivity index (χ1) is 4.61. The Labute approximate surface area is 67.2 Å². The van der Waals surface area contributed by atoms with E-state index in [0.29, 0.717) is 11.8 Å². The van der Waals surface area contributed by atoms with Gasteiger partial charge in [0.1, 0.15) is 0 Å². The van der Waals surface area contributed by atoms with E-state index in [9.17, 15) is 5.11 Å². The molecule has 0 radical (unpaired) electrons. The van der Waals surface area contributed by atoms with Gasteiger partial charge < -0.3 is 5.11 Å². The fourth-order valence-corrected chi connectivity index (χ4v) is 2.30. The van der Waals surface area contributed by atoms with Crippen molar-refractivity contribution in [1.29, 1.82) is 0 Å². The minimum atomic E-state index is -0.303. The third-order valence-corrected chi connectivity index (χ3v) is 3.43. The molecule has 1 rings (SSSR count). The van der Waals surface area contributed by atoms with Crippen LogP contribution in [0.15, 0.2) is 0 Å². The van der Waals surface area contributed by atoms with Gasteiger partial charge in [-0.1, -0.05) is 13.8 Å². The molecule has 2 heteroatoms. The smallest absolute Gasteiger partial charge is 0.0711 e. The van der Waals surface area contributed by atoms with Gasteiger partial charge in [0.15, 0.2) is 0 Å². The Bertz CT molecular complexity index is 126. The third kappa shape index (κ3) is 1.32. The standard InChI is InChI=1S/C8H16OS/c1-6-4-8(6,9)7(2)5-10-3/h6-7,9H,4-5H2,1-3H3. The molecule has 3 atom stereocenters. The lowest BCUT2D eigenvalue weighted by atomic mass is 10.0. The average Bonchev–Trinajstić information content (AvgIpc) is 2.43. The largest absolute Gasteiger partial charge is 0.389 e. The van der Waals surface area contributed by atoms with E-state index >= 15 is 0 Å². The number of aliphatic hydroxyl groups is 1. The predicted molar refractivity (Wildman–Crippen MR) is 46.3 cm³/mol. The Morgan fingerprint density at radius 3 is 2.60 bits per heavy atom. The SMILES string of the molecule is CSCC(C)C1(O)CC1C. The van der Waals surface area contributed by atoms with Crippen LogP contribution in [0.4, 0.5) is 0 Å². The second kappa shape index (κ2) is 2.74. The molecule has 0 saturated heterocycles. The van der Waals surface area contributed by atoms with Crippen LogP contribution in [0.5, 0.6) is 0 Å². The van der Waals surface area contributed by atoms with Crippen LogP contribution in [-0.2, 0) is 0 Å². The second-order valence-electron chi connectivity index (χ2n) is 3.45. The summed E-state index contributed by atoms with van der Waals surface area (Å²) in [5.41, 5.74) is -0.303. The van der Waals surface area contributed by atoms with Gasteiger partial charge >= 0.3 is 0 Å². The van der Waals surface area contributed by atoms with Crippen molar-refractivity contribution in [2.45, 2.75) is 25.9 Å². The van der Waals surface area contributed by atoms with Crippen molar-refractivity contribution in [1.82, 2.24) is 0 Å². The summed E-state index contributed by atoms with van der Waals surface area (Å²) >= 11 is 1.82. The molecule has 1 aliphatic carbocycles. The Hall–Kier alpha value is 0.310. The minimum Gasteiger partial charge on any atom is -0.389 e. The summed E-state index contributed by atoms with van der Waals surface area (Å²) in [4.78, 5) is 0. The van der Waals surface area contributed by atoms with Crippen molar-refractivity contribution in [2.24, 2.45) is 11.8 Å². The molecule has 1 saturated carbocycles. The molecule has 0 heterocycles. The van der Waals surface area contributed by atoms with E-state index in [0.717, 1.165) is 12.2 Å². The van der Waals surface area contributed by atoms with Crippen molar-refractivity contribution in [3.8, 4) is 0 Å². The van der Waals surface area contributed by atoms with E-state index < -0.39 is 0 Å². The molecule has 60 valence electrons. The lowest BCUT2D eigenvalue weighted by Crippen LogP contribution is -2.23. The molecular weight excluding hydrogens is 144 g/mol. The molecular formula is C8H16OS. The number of hydrogen-bond donors (Lipinski definition) is 1. The molecule has 0 bridgehead atoms. The zero-order chi connectivity index (χ0) is 7.78. The summed E-state index contributed by atoms with van der Waals surface area (Å²) in [5, 5.41) is 9.78. The Balaban J connectivity index is 2.34. The monoisotopic (exact) mass is 160 g/mol. The molecule has 10 heavy (non-hydrogen) atoms. The zero-order valence-electron chi connectivity index (χ0n) is 6.92. The fraction of sp³-hybridized carbons (Fsp3) is 1.00. The molecule has 1 N–H and O–H groups in total. The normalized spacial score (nSPS) is 41.4. The van der Waals surface area contributed by atoms with Crippen molar-refractivity contribution in [2.75, 3.05) is 12.0 Å². The van der Waals surface area contributed by atoms with Crippen LogP contribution in [0.3, 0.4) is 0 Å². The third-order valence-electron chi connectivity index (χ3n) is 2.60. The number of thioether (sulfide) groups is 1. The Kier molecular flexibility index (Phi) is 2.31. The van der Waals surface area contributed by atoms with Gasteiger partial charge in [0.25, 0.3) is 0 Å². The Morgan fingerprint density at radius 1 is 1.80 bits per heavy atom. The molecule has 0 aromatic heterocycles. The maximum Gasteiger partial charge on any atom is 0.0711 e. The fourth-order valence-electron chi connectivity index (χ4n) is 1.51. The maximum absolute atomic E-state index is 9.78. The first-order valence-corrected chi connectivity index (χ1v) is 5.22. The highest BCUT2D eigenvalue weighted by molar-refractivity contribution is 7.98. The lowest BCUT2D eigenvalue weighted by molar-refractivity contribution is 0.0867. The topological polar surface area (TPSA) is 20.2 Å². The molecule has 1 aliphatic rings. The van der Waals surface area contributed by atoms with Crippen LogP contribution in [0.1, 0.15) is 20.3 Å². The summed E-state index contributed by atoms with van der Waals surface area (Å²) in [6.45, 7) is 4.26. The molecule has 3 unspecified atom stereocenters. The van der Waals surface area contributed by atoms with E-state index in [-0.39, 0.29) is 5.60 Å². The average molecular weight is 160 g/mol. The van der Waals surface area contributed by atoms with Crippen molar-refractivity contribution < 1.29 is 5.11 Å². The van der Waals surface area contributed by atoms with Crippen LogP contribution in [0, 0.1) is 11.8 Å². The summed E-state index contributed by atoms with van der Waals surface area (Å²) in [5.74, 6) is 2.09. The van der Waals surface area contributed by atoms with E-state index in [4.69, 9.17) is 0 Å². The molecule has 0 aliphatic heterocycles. The van der Waals surface area contributed by atoms with Crippen LogP contribution >= 0.6 is 11.8 Å². The van der Waals surface area contributed by atoms with Gasteiger partial charge in [-0.05, 0) is 30.3 Å². The van der Waals surface area contributed by atoms with Gasteiger partial charge in [0.05, 0.1) is 5.60 Å². The lowest BCUT2D eigenvalue weighted by Gasteiger charge is -2.17. The van der Waals surface area contributed by atoms with Gasteiger partial charge in [0, 0.05) is 0 Å². The molecule has 0 spiro atoms. The minimum absolute atomic E-state index is 0.303. The predicted octanol–water partition coefficient (Wildman–Crippen LogP) is 1.76. The van der Waals surface area contributed by atoms with E-state index in [1.165, 1.54) is 0 Å². The van der Waals surface area contributed by atoms with Crippen LogP contribution in [0.2, 0.25) is 0 Å². The summed E-state index contributed by atoms with van der Waals surface area (Å²) < 4.78 is 0. The summed E-state index contributed by atoms with van der Waals surface area (Å²) in [6, 6.07) is 0. The highest BCUT2D eigenvalue weighted by Crippen LogP contribution is 2.49. The molecule has 0 aromatic rings. The number of rotatable bonds is 3. The van der Waals surface area contributed by atoms with Crippen LogP contribution < -0.4 is 0 Å². The molecule has 0 aromatic carbocycles. The van der Waals surface area contributed by atoms with Crippen LogP contribution in [-0.4, -0.2) is 22.7 Å².